The molecular formula is C22H24N2O2S. The molecule has 1 N–H and O–H groups in total. The molecular weight excluding hydrogens is 356 g/mol. The number of amides is 1. The van der Waals surface area contributed by atoms with Crippen LogP contribution < -0.4 is 5.32 Å². The molecule has 3 heterocycles. The molecule has 0 radical (unpaired) electrons. The fourth-order valence-electron chi connectivity index (χ4n) is 3.66. The number of likely N-dealkylation sites (tertiary alicyclic amines) is 1. The van der Waals surface area contributed by atoms with Crippen molar-refractivity contribution in [1.82, 2.24) is 10.2 Å². The first-order chi connectivity index (χ1) is 13.2. The van der Waals surface area contributed by atoms with Crippen LogP contribution in [0.5, 0.6) is 0 Å². The number of carbonyl (C=O) groups is 1. The molecule has 0 saturated carbocycles. The van der Waals surface area contributed by atoms with Gasteiger partial charge >= 0.3 is 0 Å². The lowest BCUT2D eigenvalue weighted by Gasteiger charge is -2.26. The number of benzene rings is 1. The summed E-state index contributed by atoms with van der Waals surface area (Å²) in [5.74, 6) is 0.901. The maximum Gasteiger partial charge on any atom is 0.262 e. The Hall–Kier alpha value is -2.37. The lowest BCUT2D eigenvalue weighted by molar-refractivity contribution is 0.0938. The van der Waals surface area contributed by atoms with Crippen molar-refractivity contribution in [2.24, 2.45) is 0 Å². The third-order valence-electron chi connectivity index (χ3n) is 5.14. The molecule has 1 fully saturated rings. The second kappa shape index (κ2) is 8.11. The maximum atomic E-state index is 12.9. The average Bonchev–Trinajstić information content (AvgIpc) is 3.44. The van der Waals surface area contributed by atoms with Gasteiger partial charge < -0.3 is 9.73 Å². The van der Waals surface area contributed by atoms with E-state index >= 15 is 0 Å². The van der Waals surface area contributed by atoms with Gasteiger partial charge in [-0.1, -0.05) is 29.8 Å². The lowest BCUT2D eigenvalue weighted by atomic mass is 10.0. The molecule has 4 nitrogen and oxygen atoms in total. The first-order valence-corrected chi connectivity index (χ1v) is 10.3. The van der Waals surface area contributed by atoms with Gasteiger partial charge in [0.2, 0.25) is 0 Å². The summed E-state index contributed by atoms with van der Waals surface area (Å²) in [4.78, 5) is 16.1. The molecule has 1 aliphatic heterocycles. The van der Waals surface area contributed by atoms with Gasteiger partial charge in [-0.05, 0) is 62.0 Å². The van der Waals surface area contributed by atoms with Gasteiger partial charge in [0, 0.05) is 12.1 Å². The first kappa shape index (κ1) is 18.0. The summed E-state index contributed by atoms with van der Waals surface area (Å²) < 4.78 is 5.64. The SMILES string of the molecule is Cc1ccc(-c2ccsc2C(=O)NCC(c2ccco2)N2CCCC2)cc1. The molecule has 1 atom stereocenters. The van der Waals surface area contributed by atoms with Crippen molar-refractivity contribution in [1.29, 1.82) is 0 Å². The number of carbonyl (C=O) groups excluding carboxylic acids is 1. The second-order valence-electron chi connectivity index (χ2n) is 7.01. The van der Waals surface area contributed by atoms with E-state index in [1.54, 1.807) is 6.26 Å². The number of nitrogens with one attached hydrogen (secondary N) is 1. The number of rotatable bonds is 6. The van der Waals surface area contributed by atoms with E-state index in [9.17, 15) is 4.79 Å². The number of hydrogen-bond donors (Lipinski definition) is 1. The van der Waals surface area contributed by atoms with Gasteiger partial charge in [0.15, 0.2) is 0 Å². The van der Waals surface area contributed by atoms with Crippen molar-refractivity contribution in [3.8, 4) is 11.1 Å². The van der Waals surface area contributed by atoms with Gasteiger partial charge in [0.25, 0.3) is 5.91 Å². The van der Waals surface area contributed by atoms with Crippen LogP contribution in [0.4, 0.5) is 0 Å². The third-order valence-corrected chi connectivity index (χ3v) is 6.06. The fourth-order valence-corrected chi connectivity index (χ4v) is 4.49. The first-order valence-electron chi connectivity index (χ1n) is 9.42. The molecule has 0 bridgehead atoms. The predicted molar refractivity (Wildman–Crippen MR) is 109 cm³/mol. The van der Waals surface area contributed by atoms with Crippen LogP contribution in [0.2, 0.25) is 0 Å². The maximum absolute atomic E-state index is 12.9. The topological polar surface area (TPSA) is 45.5 Å². The number of furan rings is 1. The summed E-state index contributed by atoms with van der Waals surface area (Å²) in [7, 11) is 0. The van der Waals surface area contributed by atoms with E-state index < -0.39 is 0 Å². The Labute approximate surface area is 163 Å². The van der Waals surface area contributed by atoms with Crippen molar-refractivity contribution in [2.45, 2.75) is 25.8 Å². The summed E-state index contributed by atoms with van der Waals surface area (Å²) in [5, 5.41) is 5.12. The molecule has 1 unspecified atom stereocenters. The van der Waals surface area contributed by atoms with Crippen LogP contribution in [0.25, 0.3) is 11.1 Å². The Morgan fingerprint density at radius 2 is 1.96 bits per heavy atom. The standard InChI is InChI=1S/C22H24N2O2S/c1-16-6-8-17(9-7-16)18-10-14-27-21(18)22(25)23-15-19(20-5-4-13-26-20)24-11-2-3-12-24/h4-10,13-14,19H,2-3,11-12,15H2,1H3,(H,23,25). The molecule has 0 spiro atoms. The van der Waals surface area contributed by atoms with E-state index in [2.05, 4.69) is 41.4 Å². The van der Waals surface area contributed by atoms with Crippen LogP contribution >= 0.6 is 11.3 Å². The Kier molecular flexibility index (Phi) is 5.41. The number of aryl methyl sites for hydroxylation is 1. The molecule has 1 aliphatic rings. The van der Waals surface area contributed by atoms with Crippen molar-refractivity contribution in [3.63, 3.8) is 0 Å². The molecule has 0 aliphatic carbocycles. The zero-order valence-electron chi connectivity index (χ0n) is 15.5. The summed E-state index contributed by atoms with van der Waals surface area (Å²) in [6, 6.07) is 14.3. The Bertz CT molecular complexity index is 877. The Morgan fingerprint density at radius 3 is 2.67 bits per heavy atom. The van der Waals surface area contributed by atoms with E-state index in [0.29, 0.717) is 6.54 Å². The van der Waals surface area contributed by atoms with Crippen LogP contribution in [0.15, 0.2) is 58.5 Å². The van der Waals surface area contributed by atoms with Gasteiger partial charge in [-0.15, -0.1) is 11.3 Å². The highest BCUT2D eigenvalue weighted by Gasteiger charge is 2.26. The fraction of sp³-hybridized carbons (Fsp3) is 0.318. The third kappa shape index (κ3) is 3.99. The quantitative estimate of drug-likeness (QED) is 0.663. The van der Waals surface area contributed by atoms with Gasteiger partial charge in [0.05, 0.1) is 17.2 Å². The highest BCUT2D eigenvalue weighted by Crippen LogP contribution is 2.29. The van der Waals surface area contributed by atoms with Crippen LogP contribution in [0.3, 0.4) is 0 Å². The highest BCUT2D eigenvalue weighted by atomic mass is 32.1. The molecule has 5 heteroatoms. The minimum Gasteiger partial charge on any atom is -0.468 e. The van der Waals surface area contributed by atoms with Crippen LogP contribution in [0, 0.1) is 6.92 Å². The Balaban J connectivity index is 1.49. The van der Waals surface area contributed by atoms with E-state index in [0.717, 1.165) is 34.9 Å². The van der Waals surface area contributed by atoms with Gasteiger partial charge in [-0.25, -0.2) is 0 Å². The minimum absolute atomic E-state index is 0.0173. The predicted octanol–water partition coefficient (Wildman–Crippen LogP) is 4.88. The van der Waals surface area contributed by atoms with E-state index in [4.69, 9.17) is 4.42 Å². The summed E-state index contributed by atoms with van der Waals surface area (Å²) >= 11 is 1.49. The zero-order chi connectivity index (χ0) is 18.6. The van der Waals surface area contributed by atoms with Crippen molar-refractivity contribution < 1.29 is 9.21 Å². The Morgan fingerprint density at radius 1 is 1.19 bits per heavy atom. The molecule has 1 aromatic carbocycles. The lowest BCUT2D eigenvalue weighted by Crippen LogP contribution is -2.36. The van der Waals surface area contributed by atoms with Crippen LogP contribution in [-0.4, -0.2) is 30.4 Å². The van der Waals surface area contributed by atoms with Gasteiger partial charge in [0.1, 0.15) is 5.76 Å². The molecule has 1 amide bonds. The largest absolute Gasteiger partial charge is 0.468 e. The van der Waals surface area contributed by atoms with Crippen LogP contribution in [0.1, 0.15) is 39.9 Å². The average molecular weight is 381 g/mol. The zero-order valence-corrected chi connectivity index (χ0v) is 16.3. The van der Waals surface area contributed by atoms with E-state index in [1.165, 1.54) is 29.7 Å². The molecule has 27 heavy (non-hydrogen) atoms. The number of nitrogens with zero attached hydrogens (tertiary/aromatic N) is 1. The number of thiophene rings is 1. The van der Waals surface area contributed by atoms with E-state index in [-0.39, 0.29) is 11.9 Å². The van der Waals surface area contributed by atoms with Crippen molar-refractivity contribution >= 4 is 17.2 Å². The summed E-state index contributed by atoms with van der Waals surface area (Å²) in [5.41, 5.74) is 3.29. The van der Waals surface area contributed by atoms with Crippen LogP contribution in [-0.2, 0) is 0 Å². The van der Waals surface area contributed by atoms with Crippen molar-refractivity contribution in [2.75, 3.05) is 19.6 Å². The molecule has 1 saturated heterocycles. The second-order valence-corrected chi connectivity index (χ2v) is 7.93. The molecule has 4 rings (SSSR count). The van der Waals surface area contributed by atoms with Gasteiger partial charge in [-0.2, -0.15) is 0 Å². The number of hydrogen-bond acceptors (Lipinski definition) is 4. The monoisotopic (exact) mass is 380 g/mol. The van der Waals surface area contributed by atoms with Crippen molar-refractivity contribution in [3.05, 3.63) is 70.3 Å². The normalized spacial score (nSPS) is 15.7. The van der Waals surface area contributed by atoms with Gasteiger partial charge in [-0.3, -0.25) is 9.69 Å². The highest BCUT2D eigenvalue weighted by molar-refractivity contribution is 7.12. The summed E-state index contributed by atoms with van der Waals surface area (Å²) in [6.07, 6.45) is 4.11. The summed E-state index contributed by atoms with van der Waals surface area (Å²) in [6.45, 7) is 4.72. The molecule has 3 aromatic rings. The smallest absolute Gasteiger partial charge is 0.262 e. The minimum atomic E-state index is -0.0173. The van der Waals surface area contributed by atoms with E-state index in [1.807, 2.05) is 23.6 Å². The molecule has 2 aromatic heterocycles. The molecule has 140 valence electrons.